The fourth-order valence-electron chi connectivity index (χ4n) is 2.36. The number of carbonyl (C=O) groups is 1. The van der Waals surface area contributed by atoms with Crippen LogP contribution in [0.1, 0.15) is 12.0 Å². The lowest BCUT2D eigenvalue weighted by Gasteiger charge is -2.07. The molecule has 0 saturated heterocycles. The van der Waals surface area contributed by atoms with Gasteiger partial charge in [-0.1, -0.05) is 12.1 Å². The third kappa shape index (κ3) is 4.47. The van der Waals surface area contributed by atoms with Crippen molar-refractivity contribution in [2.75, 3.05) is 18.6 Å². The zero-order valence-corrected chi connectivity index (χ0v) is 13.9. The smallest absolute Gasteiger partial charge is 0.320 e. The Hall–Kier alpha value is -3.16. The van der Waals surface area contributed by atoms with Crippen LogP contribution in [0.15, 0.2) is 42.5 Å². The number of anilines is 1. The minimum Gasteiger partial charge on any atom is -0.493 e. The number of benzene rings is 2. The second-order valence-electron chi connectivity index (χ2n) is 5.60. The van der Waals surface area contributed by atoms with E-state index >= 15 is 0 Å². The van der Waals surface area contributed by atoms with Crippen molar-refractivity contribution < 1.29 is 18.3 Å². The first kappa shape index (κ1) is 17.7. The van der Waals surface area contributed by atoms with Gasteiger partial charge in [0.25, 0.3) is 0 Å². The van der Waals surface area contributed by atoms with Crippen molar-refractivity contribution in [3.8, 4) is 5.75 Å². The number of ether oxygens (including phenoxy) is 1. The number of hydrogen-bond acceptors (Lipinski definition) is 3. The third-order valence-electron chi connectivity index (χ3n) is 3.68. The molecular weight excluding hydrogens is 342 g/mol. The van der Waals surface area contributed by atoms with Crippen LogP contribution in [0, 0.1) is 5.82 Å². The average molecular weight is 360 g/mol. The van der Waals surface area contributed by atoms with Crippen molar-refractivity contribution in [3.05, 3.63) is 53.8 Å². The van der Waals surface area contributed by atoms with Gasteiger partial charge in [0.1, 0.15) is 11.6 Å². The molecule has 6 nitrogen and oxygen atoms in total. The Balaban J connectivity index is 1.62. The van der Waals surface area contributed by atoms with Crippen molar-refractivity contribution in [2.45, 2.75) is 13.0 Å². The lowest BCUT2D eigenvalue weighted by atomic mass is 10.2. The average Bonchev–Trinajstić information content (AvgIpc) is 3.04. The van der Waals surface area contributed by atoms with E-state index in [0.29, 0.717) is 23.4 Å². The molecule has 136 valence electrons. The Labute approximate surface area is 148 Å². The normalized spacial score (nSPS) is 10.7. The summed E-state index contributed by atoms with van der Waals surface area (Å²) < 4.78 is 30.5. The molecule has 2 amide bonds. The van der Waals surface area contributed by atoms with Gasteiger partial charge >= 0.3 is 6.03 Å². The second-order valence-corrected chi connectivity index (χ2v) is 5.60. The van der Waals surface area contributed by atoms with Gasteiger partial charge in [0.15, 0.2) is 5.82 Å². The molecule has 0 aliphatic rings. The van der Waals surface area contributed by atoms with Gasteiger partial charge in [-0.3, -0.25) is 14.8 Å². The van der Waals surface area contributed by atoms with Gasteiger partial charge in [0, 0.05) is 18.4 Å². The minimum atomic E-state index is -0.438. The number of aromatic amines is 1. The monoisotopic (exact) mass is 360 g/mol. The third-order valence-corrected chi connectivity index (χ3v) is 3.68. The number of nitrogens with zero attached hydrogens (tertiary/aromatic N) is 1. The van der Waals surface area contributed by atoms with E-state index in [0.717, 1.165) is 11.1 Å². The van der Waals surface area contributed by atoms with Gasteiger partial charge in [-0.2, -0.15) is 5.10 Å². The fourth-order valence-corrected chi connectivity index (χ4v) is 2.36. The second kappa shape index (κ2) is 8.28. The standard InChI is InChI=1S/C18H18F2N4O2/c19-8-1-9-26-14-6-7-16-15(10-14)17(24-23-16)22-18(25)21-11-12-2-4-13(20)5-3-12/h2-7,10H,1,8-9,11H2,(H3,21,22,23,24,25). The number of fused-ring (bicyclic) bond motifs is 1. The maximum absolute atomic E-state index is 12.9. The molecule has 0 atom stereocenters. The van der Waals surface area contributed by atoms with Crippen molar-refractivity contribution in [2.24, 2.45) is 0 Å². The van der Waals surface area contributed by atoms with Crippen LogP contribution in [0.4, 0.5) is 19.4 Å². The van der Waals surface area contributed by atoms with Crippen LogP contribution in [-0.2, 0) is 6.54 Å². The van der Waals surface area contributed by atoms with Gasteiger partial charge in [-0.25, -0.2) is 9.18 Å². The molecule has 0 aliphatic carbocycles. The molecule has 2 aromatic carbocycles. The number of urea groups is 1. The Bertz CT molecular complexity index is 881. The fraction of sp³-hybridized carbons (Fsp3) is 0.222. The Kier molecular flexibility index (Phi) is 5.62. The Morgan fingerprint density at radius 1 is 1.19 bits per heavy atom. The zero-order chi connectivity index (χ0) is 18.4. The topological polar surface area (TPSA) is 79.0 Å². The van der Waals surface area contributed by atoms with E-state index in [2.05, 4.69) is 20.8 Å². The lowest BCUT2D eigenvalue weighted by Crippen LogP contribution is -2.28. The van der Waals surface area contributed by atoms with E-state index in [1.165, 1.54) is 12.1 Å². The Morgan fingerprint density at radius 2 is 2.00 bits per heavy atom. The Morgan fingerprint density at radius 3 is 2.77 bits per heavy atom. The summed E-state index contributed by atoms with van der Waals surface area (Å²) in [4.78, 5) is 12.1. The van der Waals surface area contributed by atoms with E-state index in [1.54, 1.807) is 30.3 Å². The number of amides is 2. The molecular formula is C18H18F2N4O2. The highest BCUT2D eigenvalue weighted by atomic mass is 19.1. The van der Waals surface area contributed by atoms with Crippen molar-refractivity contribution in [3.63, 3.8) is 0 Å². The van der Waals surface area contributed by atoms with Crippen molar-refractivity contribution in [1.82, 2.24) is 15.5 Å². The van der Waals surface area contributed by atoms with Gasteiger partial charge < -0.3 is 10.1 Å². The van der Waals surface area contributed by atoms with Crippen molar-refractivity contribution >= 4 is 22.8 Å². The van der Waals surface area contributed by atoms with Crippen molar-refractivity contribution in [1.29, 1.82) is 0 Å². The van der Waals surface area contributed by atoms with Gasteiger partial charge in [0.2, 0.25) is 0 Å². The quantitative estimate of drug-likeness (QED) is 0.561. The summed E-state index contributed by atoms with van der Waals surface area (Å²) in [5.41, 5.74) is 1.51. The highest BCUT2D eigenvalue weighted by molar-refractivity contribution is 5.99. The summed E-state index contributed by atoms with van der Waals surface area (Å²) in [6, 6.07) is 10.7. The van der Waals surface area contributed by atoms with Crippen LogP contribution in [-0.4, -0.2) is 29.5 Å². The summed E-state index contributed by atoms with van der Waals surface area (Å²) in [6.45, 7) is 0.0990. The number of aromatic nitrogens is 2. The summed E-state index contributed by atoms with van der Waals surface area (Å²) in [5, 5.41) is 12.9. The van der Waals surface area contributed by atoms with Gasteiger partial charge in [0.05, 0.1) is 18.8 Å². The van der Waals surface area contributed by atoms with E-state index < -0.39 is 12.7 Å². The summed E-state index contributed by atoms with van der Waals surface area (Å²) in [6.07, 6.45) is 0.320. The van der Waals surface area contributed by atoms with Crippen LogP contribution in [0.25, 0.3) is 10.9 Å². The minimum absolute atomic E-state index is 0.256. The molecule has 0 unspecified atom stereocenters. The molecule has 0 radical (unpaired) electrons. The zero-order valence-electron chi connectivity index (χ0n) is 13.9. The van der Waals surface area contributed by atoms with Gasteiger partial charge in [-0.05, 0) is 35.9 Å². The first-order valence-electron chi connectivity index (χ1n) is 8.12. The van der Waals surface area contributed by atoms with Crippen LogP contribution in [0.3, 0.4) is 0 Å². The number of hydrogen-bond donors (Lipinski definition) is 3. The number of carbonyl (C=O) groups excluding carboxylic acids is 1. The molecule has 0 fully saturated rings. The predicted octanol–water partition coefficient (Wildman–Crippen LogP) is 3.76. The molecule has 1 aromatic heterocycles. The molecule has 3 N–H and O–H groups in total. The molecule has 3 rings (SSSR count). The predicted molar refractivity (Wildman–Crippen MR) is 94.4 cm³/mol. The first-order chi connectivity index (χ1) is 12.7. The molecule has 26 heavy (non-hydrogen) atoms. The number of rotatable bonds is 7. The number of H-pyrrole nitrogens is 1. The summed E-state index contributed by atoms with van der Waals surface area (Å²) in [5.74, 6) is 0.598. The maximum Gasteiger partial charge on any atom is 0.320 e. The largest absolute Gasteiger partial charge is 0.493 e. The summed E-state index contributed by atoms with van der Waals surface area (Å²) in [7, 11) is 0. The molecule has 0 spiro atoms. The highest BCUT2D eigenvalue weighted by Gasteiger charge is 2.10. The maximum atomic E-state index is 12.9. The molecule has 8 heteroatoms. The van der Waals surface area contributed by atoms with Crippen LogP contribution >= 0.6 is 0 Å². The summed E-state index contributed by atoms with van der Waals surface area (Å²) >= 11 is 0. The van der Waals surface area contributed by atoms with E-state index in [1.807, 2.05) is 0 Å². The van der Waals surface area contributed by atoms with E-state index in [4.69, 9.17) is 4.74 Å². The van der Waals surface area contributed by atoms with Gasteiger partial charge in [-0.15, -0.1) is 0 Å². The highest BCUT2D eigenvalue weighted by Crippen LogP contribution is 2.25. The number of alkyl halides is 1. The molecule has 0 saturated carbocycles. The molecule has 0 bridgehead atoms. The molecule has 1 heterocycles. The van der Waals surface area contributed by atoms with Crippen LogP contribution in [0.5, 0.6) is 5.75 Å². The number of nitrogens with one attached hydrogen (secondary N) is 3. The number of halogens is 2. The van der Waals surface area contributed by atoms with E-state index in [-0.39, 0.29) is 19.0 Å². The molecule has 0 aliphatic heterocycles. The lowest BCUT2D eigenvalue weighted by molar-refractivity contribution is 0.251. The van der Waals surface area contributed by atoms with Crippen LogP contribution < -0.4 is 15.4 Å². The SMILES string of the molecule is O=C(NCc1ccc(F)cc1)Nc1n[nH]c2ccc(OCCCF)cc12. The van der Waals surface area contributed by atoms with E-state index in [9.17, 15) is 13.6 Å². The first-order valence-corrected chi connectivity index (χ1v) is 8.12. The molecule has 3 aromatic rings. The van der Waals surface area contributed by atoms with Crippen LogP contribution in [0.2, 0.25) is 0 Å².